The number of H-pyrrole nitrogens is 1. The van der Waals surface area contributed by atoms with Crippen LogP contribution in [0.3, 0.4) is 0 Å². The zero-order chi connectivity index (χ0) is 9.19. The summed E-state index contributed by atoms with van der Waals surface area (Å²) in [6.45, 7) is 0. The molecule has 1 atom stereocenters. The molecule has 1 heterocycles. The summed E-state index contributed by atoms with van der Waals surface area (Å²) in [5.74, 6) is 0. The van der Waals surface area contributed by atoms with Gasteiger partial charge >= 0.3 is 6.18 Å². The summed E-state index contributed by atoms with van der Waals surface area (Å²) >= 11 is 0. The molecule has 1 aromatic heterocycles. The molecule has 1 unspecified atom stereocenters. The van der Waals surface area contributed by atoms with Gasteiger partial charge in [0.1, 0.15) is 6.04 Å². The van der Waals surface area contributed by atoms with Crippen LogP contribution in [-0.4, -0.2) is 18.2 Å². The first-order valence-electron chi connectivity index (χ1n) is 3.42. The van der Waals surface area contributed by atoms with E-state index >= 15 is 0 Å². The maximum absolute atomic E-state index is 12.2. The second kappa shape index (κ2) is 3.18. The number of aromatic amines is 1. The highest BCUT2D eigenvalue weighted by Crippen LogP contribution is 2.31. The van der Waals surface area contributed by atoms with Gasteiger partial charge in [0.15, 0.2) is 0 Å². The Morgan fingerprint density at radius 1 is 1.50 bits per heavy atom. The fraction of sp³-hybridized carbons (Fsp3) is 0.429. The lowest BCUT2D eigenvalue weighted by Crippen LogP contribution is -2.31. The summed E-state index contributed by atoms with van der Waals surface area (Å²) in [6.07, 6.45) is -1.45. The molecule has 0 aliphatic carbocycles. The van der Waals surface area contributed by atoms with Gasteiger partial charge in [-0.1, -0.05) is 0 Å². The second-order valence-corrected chi connectivity index (χ2v) is 2.41. The van der Waals surface area contributed by atoms with Crippen molar-refractivity contribution in [3.63, 3.8) is 0 Å². The van der Waals surface area contributed by atoms with Crippen LogP contribution in [0.4, 0.5) is 13.2 Å². The third-order valence-electron chi connectivity index (χ3n) is 1.57. The van der Waals surface area contributed by atoms with E-state index in [1.807, 2.05) is 0 Å². The van der Waals surface area contributed by atoms with Crippen LogP contribution in [0.1, 0.15) is 11.6 Å². The van der Waals surface area contributed by atoms with Crippen LogP contribution in [0.15, 0.2) is 18.5 Å². The highest BCUT2D eigenvalue weighted by molar-refractivity contribution is 5.15. The molecule has 0 radical (unpaired) electrons. The van der Waals surface area contributed by atoms with Crippen LogP contribution < -0.4 is 5.32 Å². The van der Waals surface area contributed by atoms with Gasteiger partial charge in [-0.05, 0) is 18.7 Å². The van der Waals surface area contributed by atoms with Gasteiger partial charge in [0.2, 0.25) is 0 Å². The number of halogens is 3. The minimum atomic E-state index is -4.24. The highest BCUT2D eigenvalue weighted by Gasteiger charge is 2.39. The summed E-state index contributed by atoms with van der Waals surface area (Å²) in [6, 6.07) is -0.182. The van der Waals surface area contributed by atoms with Gasteiger partial charge in [0.05, 0.1) is 0 Å². The number of nitrogens with one attached hydrogen (secondary N) is 2. The van der Waals surface area contributed by atoms with E-state index in [4.69, 9.17) is 0 Å². The molecule has 5 heteroatoms. The maximum atomic E-state index is 12.2. The fourth-order valence-corrected chi connectivity index (χ4v) is 1.04. The minimum absolute atomic E-state index is 0.199. The largest absolute Gasteiger partial charge is 0.407 e. The second-order valence-electron chi connectivity index (χ2n) is 2.41. The van der Waals surface area contributed by atoms with E-state index in [0.29, 0.717) is 0 Å². The van der Waals surface area contributed by atoms with Crippen molar-refractivity contribution in [1.29, 1.82) is 0 Å². The first kappa shape index (κ1) is 9.12. The van der Waals surface area contributed by atoms with Crippen LogP contribution >= 0.6 is 0 Å². The number of aromatic nitrogens is 1. The average Bonchev–Trinajstić information content (AvgIpc) is 2.38. The van der Waals surface area contributed by atoms with Crippen LogP contribution in [0, 0.1) is 0 Å². The Labute approximate surface area is 67.8 Å². The van der Waals surface area contributed by atoms with Gasteiger partial charge in [0.25, 0.3) is 0 Å². The van der Waals surface area contributed by atoms with Crippen molar-refractivity contribution in [2.75, 3.05) is 7.05 Å². The summed E-state index contributed by atoms with van der Waals surface area (Å²) in [5.41, 5.74) is 0.199. The Morgan fingerprint density at radius 2 is 2.17 bits per heavy atom. The van der Waals surface area contributed by atoms with Gasteiger partial charge in [-0.3, -0.25) is 0 Å². The smallest absolute Gasteiger partial charge is 0.367 e. The van der Waals surface area contributed by atoms with Crippen LogP contribution in [0.2, 0.25) is 0 Å². The molecular weight excluding hydrogens is 169 g/mol. The monoisotopic (exact) mass is 178 g/mol. The van der Waals surface area contributed by atoms with E-state index in [0.717, 1.165) is 0 Å². The third kappa shape index (κ3) is 1.79. The Hall–Kier alpha value is -0.970. The van der Waals surface area contributed by atoms with Crippen molar-refractivity contribution in [1.82, 2.24) is 10.3 Å². The lowest BCUT2D eigenvalue weighted by Gasteiger charge is -2.17. The standard InChI is InChI=1S/C7H9F3N2/c1-11-6(7(8,9)10)5-2-3-12-4-5/h2-4,6,11-12H,1H3. The van der Waals surface area contributed by atoms with E-state index in [-0.39, 0.29) is 5.56 Å². The number of hydrogen-bond donors (Lipinski definition) is 2. The summed E-state index contributed by atoms with van der Waals surface area (Å²) in [5, 5.41) is 2.20. The molecule has 0 aliphatic rings. The van der Waals surface area contributed by atoms with Crippen LogP contribution in [-0.2, 0) is 0 Å². The third-order valence-corrected chi connectivity index (χ3v) is 1.57. The van der Waals surface area contributed by atoms with E-state index in [2.05, 4.69) is 10.3 Å². The molecule has 0 amide bonds. The SMILES string of the molecule is CNC(c1cc[nH]c1)C(F)(F)F. The summed E-state index contributed by atoms with van der Waals surface area (Å²) < 4.78 is 36.6. The van der Waals surface area contributed by atoms with Crippen molar-refractivity contribution in [2.45, 2.75) is 12.2 Å². The first-order valence-corrected chi connectivity index (χ1v) is 3.42. The van der Waals surface area contributed by atoms with E-state index in [1.165, 1.54) is 25.5 Å². The van der Waals surface area contributed by atoms with Crippen molar-refractivity contribution < 1.29 is 13.2 Å². The van der Waals surface area contributed by atoms with Gasteiger partial charge in [-0.15, -0.1) is 0 Å². The average molecular weight is 178 g/mol. The normalized spacial score (nSPS) is 14.7. The van der Waals surface area contributed by atoms with E-state index in [1.54, 1.807) is 0 Å². The van der Waals surface area contributed by atoms with Crippen molar-refractivity contribution in [3.8, 4) is 0 Å². The van der Waals surface area contributed by atoms with Gasteiger partial charge in [0, 0.05) is 12.4 Å². The molecule has 0 saturated carbocycles. The van der Waals surface area contributed by atoms with Gasteiger partial charge in [-0.25, -0.2) is 0 Å². The Morgan fingerprint density at radius 3 is 2.50 bits per heavy atom. The summed E-state index contributed by atoms with van der Waals surface area (Å²) in [7, 11) is 1.28. The molecule has 0 fully saturated rings. The van der Waals surface area contributed by atoms with Gasteiger partial charge < -0.3 is 10.3 Å². The van der Waals surface area contributed by atoms with Crippen molar-refractivity contribution in [3.05, 3.63) is 24.0 Å². The predicted octanol–water partition coefficient (Wildman–Crippen LogP) is 1.84. The molecule has 2 nitrogen and oxygen atoms in total. The molecule has 0 bridgehead atoms. The quantitative estimate of drug-likeness (QED) is 0.710. The van der Waals surface area contributed by atoms with Crippen LogP contribution in [0.25, 0.3) is 0 Å². The molecule has 0 aromatic carbocycles. The molecule has 68 valence electrons. The van der Waals surface area contributed by atoms with Crippen molar-refractivity contribution in [2.24, 2.45) is 0 Å². The zero-order valence-electron chi connectivity index (χ0n) is 6.44. The number of alkyl halides is 3. The molecular formula is C7H9F3N2. The highest BCUT2D eigenvalue weighted by atomic mass is 19.4. The maximum Gasteiger partial charge on any atom is 0.407 e. The minimum Gasteiger partial charge on any atom is -0.367 e. The topological polar surface area (TPSA) is 27.8 Å². The van der Waals surface area contributed by atoms with Gasteiger partial charge in [-0.2, -0.15) is 13.2 Å². The van der Waals surface area contributed by atoms with E-state index < -0.39 is 12.2 Å². The molecule has 1 aromatic rings. The molecule has 2 N–H and O–H groups in total. The molecule has 12 heavy (non-hydrogen) atoms. The fourth-order valence-electron chi connectivity index (χ4n) is 1.04. The zero-order valence-corrected chi connectivity index (χ0v) is 6.44. The molecule has 0 aliphatic heterocycles. The lowest BCUT2D eigenvalue weighted by molar-refractivity contribution is -0.156. The predicted molar refractivity (Wildman–Crippen MR) is 38.6 cm³/mol. The molecule has 0 spiro atoms. The van der Waals surface area contributed by atoms with E-state index in [9.17, 15) is 13.2 Å². The Balaban J connectivity index is 2.84. The lowest BCUT2D eigenvalue weighted by atomic mass is 10.1. The number of rotatable bonds is 2. The molecule has 0 saturated heterocycles. The van der Waals surface area contributed by atoms with Crippen LogP contribution in [0.5, 0.6) is 0 Å². The summed E-state index contributed by atoms with van der Waals surface area (Å²) in [4.78, 5) is 2.58. The van der Waals surface area contributed by atoms with Crippen molar-refractivity contribution >= 4 is 0 Å². The first-order chi connectivity index (χ1) is 5.55. The Kier molecular flexibility index (Phi) is 2.42. The Bertz CT molecular complexity index is 227. The number of hydrogen-bond acceptors (Lipinski definition) is 1. The molecule has 1 rings (SSSR count).